The zero-order valence-corrected chi connectivity index (χ0v) is 16.7. The second-order valence-electron chi connectivity index (χ2n) is 6.59. The van der Waals surface area contributed by atoms with Gasteiger partial charge in [0.25, 0.3) is 11.6 Å². The van der Waals surface area contributed by atoms with Crippen LogP contribution in [0.15, 0.2) is 72.4 Å². The summed E-state index contributed by atoms with van der Waals surface area (Å²) >= 11 is 1.35. The Hall–Kier alpha value is -3.85. The number of thiazole rings is 1. The minimum absolute atomic E-state index is 0.0139. The number of carbonyl (C=O) groups is 1. The van der Waals surface area contributed by atoms with E-state index in [1.807, 2.05) is 36.5 Å². The molecule has 0 saturated carbocycles. The van der Waals surface area contributed by atoms with E-state index < -0.39 is 11.0 Å². The highest BCUT2D eigenvalue weighted by molar-refractivity contribution is 7.13. The number of aromatic nitrogens is 3. The molecule has 0 spiro atoms. The number of nitro benzene ring substituents is 1. The highest BCUT2D eigenvalue weighted by Crippen LogP contribution is 2.25. The quantitative estimate of drug-likeness (QED) is 0.369. The lowest BCUT2D eigenvalue weighted by atomic mass is 10.1. The van der Waals surface area contributed by atoms with Gasteiger partial charge in [0.2, 0.25) is 0 Å². The molecule has 2 aromatic heterocycles. The van der Waals surface area contributed by atoms with E-state index >= 15 is 0 Å². The summed E-state index contributed by atoms with van der Waals surface area (Å²) in [4.78, 5) is 27.5. The Labute approximate surface area is 176 Å². The lowest BCUT2D eigenvalue weighted by Gasteiger charge is -2.13. The topological polar surface area (TPSA) is 103 Å². The maximum Gasteiger partial charge on any atom is 0.271 e. The van der Waals surface area contributed by atoms with Crippen LogP contribution in [0.25, 0.3) is 16.3 Å². The Kier molecular flexibility index (Phi) is 5.36. The number of nitro groups is 1. The third-order valence-electron chi connectivity index (χ3n) is 4.52. The van der Waals surface area contributed by atoms with Gasteiger partial charge in [0.1, 0.15) is 10.7 Å². The third-order valence-corrected chi connectivity index (χ3v) is 5.41. The van der Waals surface area contributed by atoms with Gasteiger partial charge in [0.15, 0.2) is 0 Å². The number of amides is 1. The van der Waals surface area contributed by atoms with E-state index in [4.69, 9.17) is 0 Å². The van der Waals surface area contributed by atoms with Crippen LogP contribution in [0, 0.1) is 10.1 Å². The highest BCUT2D eigenvalue weighted by atomic mass is 32.1. The Balaban J connectivity index is 1.47. The van der Waals surface area contributed by atoms with Gasteiger partial charge in [-0.3, -0.25) is 14.9 Å². The molecule has 9 heteroatoms. The molecule has 150 valence electrons. The van der Waals surface area contributed by atoms with Crippen molar-refractivity contribution in [3.8, 4) is 16.3 Å². The van der Waals surface area contributed by atoms with E-state index in [9.17, 15) is 14.9 Å². The Bertz CT molecular complexity index is 1200. The fourth-order valence-corrected chi connectivity index (χ4v) is 3.70. The van der Waals surface area contributed by atoms with Crippen LogP contribution in [0.5, 0.6) is 0 Å². The summed E-state index contributed by atoms with van der Waals surface area (Å²) in [5, 5.41) is 20.5. The monoisotopic (exact) mass is 419 g/mol. The molecule has 0 radical (unpaired) electrons. The van der Waals surface area contributed by atoms with Crippen molar-refractivity contribution < 1.29 is 9.72 Å². The summed E-state index contributed by atoms with van der Waals surface area (Å²) in [6.07, 6.45) is 3.57. The molecule has 2 aromatic carbocycles. The molecule has 0 aliphatic rings. The lowest BCUT2D eigenvalue weighted by Crippen LogP contribution is -2.26. The lowest BCUT2D eigenvalue weighted by molar-refractivity contribution is -0.384. The predicted molar refractivity (Wildman–Crippen MR) is 114 cm³/mol. The molecular formula is C21H17N5O3S. The third kappa shape index (κ3) is 4.11. The SMILES string of the molecule is CC(NC(=O)c1csc(-c2cnn(-c3ccccc3)c2)n1)c1cccc([N+](=O)[O-])c1. The maximum atomic E-state index is 12.6. The van der Waals surface area contributed by atoms with Crippen molar-refractivity contribution in [2.45, 2.75) is 13.0 Å². The summed E-state index contributed by atoms with van der Waals surface area (Å²) in [7, 11) is 0. The number of carbonyl (C=O) groups excluding carboxylic acids is 1. The Morgan fingerprint density at radius 3 is 2.77 bits per heavy atom. The van der Waals surface area contributed by atoms with Crippen molar-refractivity contribution in [2.24, 2.45) is 0 Å². The molecular weight excluding hydrogens is 402 g/mol. The average molecular weight is 419 g/mol. The second-order valence-corrected chi connectivity index (χ2v) is 7.45. The summed E-state index contributed by atoms with van der Waals surface area (Å²) in [5.74, 6) is -0.341. The Morgan fingerprint density at radius 2 is 2.00 bits per heavy atom. The van der Waals surface area contributed by atoms with Crippen molar-refractivity contribution in [2.75, 3.05) is 0 Å². The van der Waals surface area contributed by atoms with Crippen LogP contribution in [-0.2, 0) is 0 Å². The normalized spacial score (nSPS) is 11.8. The molecule has 0 aliphatic heterocycles. The fraction of sp³-hybridized carbons (Fsp3) is 0.0952. The van der Waals surface area contributed by atoms with E-state index in [-0.39, 0.29) is 11.6 Å². The molecule has 0 fully saturated rings. The van der Waals surface area contributed by atoms with Crippen molar-refractivity contribution in [3.05, 3.63) is 93.7 Å². The number of para-hydroxylation sites is 1. The van der Waals surface area contributed by atoms with Gasteiger partial charge in [-0.1, -0.05) is 30.3 Å². The molecule has 1 amide bonds. The largest absolute Gasteiger partial charge is 0.344 e. The summed E-state index contributed by atoms with van der Waals surface area (Å²) in [6, 6.07) is 15.5. The van der Waals surface area contributed by atoms with Gasteiger partial charge in [-0.25, -0.2) is 9.67 Å². The first-order valence-corrected chi connectivity index (χ1v) is 10.0. The molecule has 0 aliphatic carbocycles. The van der Waals surface area contributed by atoms with Crippen LogP contribution >= 0.6 is 11.3 Å². The van der Waals surface area contributed by atoms with Gasteiger partial charge in [0.05, 0.1) is 22.8 Å². The number of hydrogen-bond donors (Lipinski definition) is 1. The van der Waals surface area contributed by atoms with Crippen LogP contribution < -0.4 is 5.32 Å². The summed E-state index contributed by atoms with van der Waals surface area (Å²) < 4.78 is 1.75. The first-order chi connectivity index (χ1) is 14.5. The van der Waals surface area contributed by atoms with Crippen LogP contribution in [0.3, 0.4) is 0 Å². The highest BCUT2D eigenvalue weighted by Gasteiger charge is 2.17. The standard InChI is InChI=1S/C21H17N5O3S/c1-14(15-6-5-9-18(10-15)26(28)29)23-20(27)19-13-30-21(24-19)16-11-22-25(12-16)17-7-3-2-4-8-17/h2-14H,1H3,(H,23,27). The molecule has 1 unspecified atom stereocenters. The number of rotatable bonds is 6. The number of nitrogens with one attached hydrogen (secondary N) is 1. The molecule has 4 rings (SSSR count). The Morgan fingerprint density at radius 1 is 1.20 bits per heavy atom. The first-order valence-electron chi connectivity index (χ1n) is 9.12. The summed E-state index contributed by atoms with van der Waals surface area (Å²) in [5.41, 5.74) is 2.68. The van der Waals surface area contributed by atoms with E-state index in [0.717, 1.165) is 11.3 Å². The van der Waals surface area contributed by atoms with Gasteiger partial charge < -0.3 is 5.32 Å². The number of benzene rings is 2. The minimum Gasteiger partial charge on any atom is -0.344 e. The second kappa shape index (κ2) is 8.26. The van der Waals surface area contributed by atoms with Crippen LogP contribution in [-0.4, -0.2) is 25.6 Å². The van der Waals surface area contributed by atoms with Crippen molar-refractivity contribution in [1.29, 1.82) is 0 Å². The van der Waals surface area contributed by atoms with E-state index in [1.165, 1.54) is 23.5 Å². The molecule has 30 heavy (non-hydrogen) atoms. The average Bonchev–Trinajstić information content (AvgIpc) is 3.44. The molecule has 8 nitrogen and oxygen atoms in total. The molecule has 2 heterocycles. The molecule has 4 aromatic rings. The molecule has 1 N–H and O–H groups in total. The zero-order chi connectivity index (χ0) is 21.1. The number of hydrogen-bond acceptors (Lipinski definition) is 6. The number of nitrogens with zero attached hydrogens (tertiary/aromatic N) is 4. The minimum atomic E-state index is -0.458. The van der Waals surface area contributed by atoms with Gasteiger partial charge in [-0.15, -0.1) is 11.3 Å². The summed E-state index contributed by atoms with van der Waals surface area (Å²) in [6.45, 7) is 1.77. The van der Waals surface area contributed by atoms with Crippen molar-refractivity contribution >= 4 is 22.9 Å². The molecule has 0 saturated heterocycles. The van der Waals surface area contributed by atoms with Gasteiger partial charge in [-0.2, -0.15) is 5.10 Å². The molecule has 0 bridgehead atoms. The van der Waals surface area contributed by atoms with Gasteiger partial charge >= 0.3 is 0 Å². The van der Waals surface area contributed by atoms with Gasteiger partial charge in [0, 0.05) is 29.3 Å². The number of non-ortho nitro benzene ring substituents is 1. The first kappa shape index (κ1) is 19.5. The van der Waals surface area contributed by atoms with Crippen LogP contribution in [0.2, 0.25) is 0 Å². The molecule has 1 atom stereocenters. The van der Waals surface area contributed by atoms with Crippen molar-refractivity contribution in [3.63, 3.8) is 0 Å². The van der Waals surface area contributed by atoms with Crippen LogP contribution in [0.1, 0.15) is 29.0 Å². The zero-order valence-electron chi connectivity index (χ0n) is 15.9. The maximum absolute atomic E-state index is 12.6. The van der Waals surface area contributed by atoms with Crippen molar-refractivity contribution in [1.82, 2.24) is 20.1 Å². The van der Waals surface area contributed by atoms with E-state index in [2.05, 4.69) is 15.4 Å². The van der Waals surface area contributed by atoms with Gasteiger partial charge in [-0.05, 0) is 24.6 Å². The predicted octanol–water partition coefficient (Wildman–Crippen LogP) is 4.40. The van der Waals surface area contributed by atoms with E-state index in [0.29, 0.717) is 16.3 Å². The van der Waals surface area contributed by atoms with Crippen LogP contribution in [0.4, 0.5) is 5.69 Å². The smallest absolute Gasteiger partial charge is 0.271 e. The van der Waals surface area contributed by atoms with E-state index in [1.54, 1.807) is 35.3 Å². The fourth-order valence-electron chi connectivity index (χ4n) is 2.93.